The van der Waals surface area contributed by atoms with Crippen LogP contribution in [0.15, 0.2) is 18.2 Å². The second-order valence-electron chi connectivity index (χ2n) is 3.01. The highest BCUT2D eigenvalue weighted by Gasteiger charge is 2.18. The van der Waals surface area contributed by atoms with Crippen molar-refractivity contribution in [3.05, 3.63) is 29.3 Å². The molecule has 2 rings (SSSR count). The van der Waals surface area contributed by atoms with Crippen molar-refractivity contribution in [1.29, 1.82) is 0 Å². The third-order valence-electron chi connectivity index (χ3n) is 2.23. The minimum absolute atomic E-state index is 0.0117. The van der Waals surface area contributed by atoms with Gasteiger partial charge in [0.05, 0.1) is 13.2 Å². The first-order chi connectivity index (χ1) is 6.33. The minimum Gasteiger partial charge on any atom is -0.493 e. The molecule has 1 aliphatic heterocycles. The van der Waals surface area contributed by atoms with Crippen LogP contribution in [0.2, 0.25) is 0 Å². The summed E-state index contributed by atoms with van der Waals surface area (Å²) in [4.78, 5) is 11.4. The quantitative estimate of drug-likeness (QED) is 0.678. The Morgan fingerprint density at radius 2 is 2.38 bits per heavy atom. The minimum atomic E-state index is -0.0117. The van der Waals surface area contributed by atoms with Gasteiger partial charge in [-0.3, -0.25) is 4.79 Å². The summed E-state index contributed by atoms with van der Waals surface area (Å²) in [6.07, 6.45) is 0.817. The number of fused-ring (bicyclic) bond motifs is 1. The van der Waals surface area contributed by atoms with Crippen LogP contribution in [-0.2, 0) is 6.42 Å². The van der Waals surface area contributed by atoms with Crippen LogP contribution in [0.4, 0.5) is 0 Å². The van der Waals surface area contributed by atoms with Crippen LogP contribution in [0, 0.1) is 0 Å². The lowest BCUT2D eigenvalue weighted by molar-refractivity contribution is 0.100. The molecular weight excluding hydrogens is 166 g/mol. The molecule has 3 heteroatoms. The van der Waals surface area contributed by atoms with Gasteiger partial charge in [-0.05, 0) is 6.07 Å². The fraction of sp³-hybridized carbons (Fsp3) is 0.300. The first-order valence-electron chi connectivity index (χ1n) is 4.31. The highest BCUT2D eigenvalue weighted by molar-refractivity contribution is 5.99. The SMILES string of the molecule is NCC(=O)c1cccc2c1CCO2. The lowest BCUT2D eigenvalue weighted by Gasteiger charge is -2.03. The van der Waals surface area contributed by atoms with Crippen LogP contribution in [0.25, 0.3) is 0 Å². The van der Waals surface area contributed by atoms with E-state index in [0.717, 1.165) is 23.3 Å². The van der Waals surface area contributed by atoms with E-state index in [2.05, 4.69) is 0 Å². The molecule has 0 bridgehead atoms. The molecule has 0 aromatic heterocycles. The molecule has 0 atom stereocenters. The van der Waals surface area contributed by atoms with Gasteiger partial charge in [0.15, 0.2) is 5.78 Å². The molecule has 1 aromatic rings. The van der Waals surface area contributed by atoms with Gasteiger partial charge in [0, 0.05) is 17.5 Å². The number of ether oxygens (including phenoxy) is 1. The summed E-state index contributed by atoms with van der Waals surface area (Å²) < 4.78 is 5.34. The number of rotatable bonds is 2. The van der Waals surface area contributed by atoms with E-state index < -0.39 is 0 Å². The van der Waals surface area contributed by atoms with Gasteiger partial charge in [-0.2, -0.15) is 0 Å². The highest BCUT2D eigenvalue weighted by Crippen LogP contribution is 2.28. The number of hydrogen-bond donors (Lipinski definition) is 1. The predicted molar refractivity (Wildman–Crippen MR) is 49.0 cm³/mol. The van der Waals surface area contributed by atoms with Crippen molar-refractivity contribution < 1.29 is 9.53 Å². The largest absolute Gasteiger partial charge is 0.493 e. The van der Waals surface area contributed by atoms with Crippen molar-refractivity contribution in [2.75, 3.05) is 13.2 Å². The lowest BCUT2D eigenvalue weighted by atomic mass is 10.0. The van der Waals surface area contributed by atoms with Crippen molar-refractivity contribution in [2.45, 2.75) is 6.42 Å². The number of Topliss-reactive ketones (excluding diaryl/α,β-unsaturated/α-hetero) is 1. The van der Waals surface area contributed by atoms with E-state index in [1.807, 2.05) is 18.2 Å². The van der Waals surface area contributed by atoms with Gasteiger partial charge >= 0.3 is 0 Å². The summed E-state index contributed by atoms with van der Waals surface area (Å²) in [5.41, 5.74) is 7.04. The summed E-state index contributed by atoms with van der Waals surface area (Å²) in [5, 5.41) is 0. The van der Waals surface area contributed by atoms with E-state index in [1.165, 1.54) is 0 Å². The number of benzene rings is 1. The van der Waals surface area contributed by atoms with E-state index >= 15 is 0 Å². The third-order valence-corrected chi connectivity index (χ3v) is 2.23. The number of carbonyl (C=O) groups is 1. The fourth-order valence-corrected chi connectivity index (χ4v) is 1.59. The molecule has 0 amide bonds. The molecule has 0 fully saturated rings. The van der Waals surface area contributed by atoms with Gasteiger partial charge in [-0.15, -0.1) is 0 Å². The van der Waals surface area contributed by atoms with Crippen molar-refractivity contribution in [3.63, 3.8) is 0 Å². The molecule has 2 N–H and O–H groups in total. The molecule has 1 aromatic carbocycles. The molecule has 0 spiro atoms. The van der Waals surface area contributed by atoms with Crippen LogP contribution in [-0.4, -0.2) is 18.9 Å². The topological polar surface area (TPSA) is 52.3 Å². The smallest absolute Gasteiger partial charge is 0.176 e. The lowest BCUT2D eigenvalue weighted by Crippen LogP contribution is -2.14. The zero-order chi connectivity index (χ0) is 9.26. The molecule has 0 aliphatic carbocycles. The van der Waals surface area contributed by atoms with E-state index in [-0.39, 0.29) is 12.3 Å². The summed E-state index contributed by atoms with van der Waals surface area (Å²) in [6.45, 7) is 0.737. The molecule has 1 aliphatic rings. The van der Waals surface area contributed by atoms with Crippen LogP contribution in [0.3, 0.4) is 0 Å². The molecule has 0 saturated carbocycles. The Morgan fingerprint density at radius 3 is 3.15 bits per heavy atom. The maximum Gasteiger partial charge on any atom is 0.176 e. The molecule has 13 heavy (non-hydrogen) atoms. The van der Waals surface area contributed by atoms with Gasteiger partial charge in [0.25, 0.3) is 0 Å². The Balaban J connectivity index is 2.47. The van der Waals surface area contributed by atoms with Crippen LogP contribution in [0.1, 0.15) is 15.9 Å². The van der Waals surface area contributed by atoms with Gasteiger partial charge in [0.2, 0.25) is 0 Å². The number of nitrogens with two attached hydrogens (primary N) is 1. The Bertz CT molecular complexity index is 347. The van der Waals surface area contributed by atoms with Crippen LogP contribution in [0.5, 0.6) is 5.75 Å². The normalized spacial score (nSPS) is 13.6. The van der Waals surface area contributed by atoms with Gasteiger partial charge in [-0.25, -0.2) is 0 Å². The van der Waals surface area contributed by atoms with Crippen molar-refractivity contribution in [2.24, 2.45) is 5.73 Å². The van der Waals surface area contributed by atoms with E-state index in [0.29, 0.717) is 6.61 Å². The van der Waals surface area contributed by atoms with E-state index in [4.69, 9.17) is 10.5 Å². The Labute approximate surface area is 76.5 Å². The number of carbonyl (C=O) groups excluding carboxylic acids is 1. The Kier molecular flexibility index (Phi) is 2.02. The number of hydrogen-bond acceptors (Lipinski definition) is 3. The molecule has 1 heterocycles. The standard InChI is InChI=1S/C10H11NO2/c11-6-9(12)7-2-1-3-10-8(7)4-5-13-10/h1-3H,4-6,11H2. The molecule has 0 saturated heterocycles. The molecular formula is C10H11NO2. The predicted octanol–water partition coefficient (Wildman–Crippen LogP) is 0.763. The highest BCUT2D eigenvalue weighted by atomic mass is 16.5. The average Bonchev–Trinajstić information content (AvgIpc) is 2.63. The fourth-order valence-electron chi connectivity index (χ4n) is 1.59. The monoisotopic (exact) mass is 177 g/mol. The van der Waals surface area contributed by atoms with Crippen molar-refractivity contribution in [1.82, 2.24) is 0 Å². The second kappa shape index (κ2) is 3.18. The average molecular weight is 177 g/mol. The van der Waals surface area contributed by atoms with Gasteiger partial charge in [0.1, 0.15) is 5.75 Å². The van der Waals surface area contributed by atoms with Crippen molar-refractivity contribution >= 4 is 5.78 Å². The molecule has 3 nitrogen and oxygen atoms in total. The van der Waals surface area contributed by atoms with Gasteiger partial charge < -0.3 is 10.5 Å². The molecule has 0 unspecified atom stereocenters. The Hall–Kier alpha value is -1.35. The van der Waals surface area contributed by atoms with E-state index in [1.54, 1.807) is 0 Å². The zero-order valence-electron chi connectivity index (χ0n) is 7.25. The summed E-state index contributed by atoms with van der Waals surface area (Å²) in [7, 11) is 0. The molecule has 68 valence electrons. The maximum absolute atomic E-state index is 11.4. The summed E-state index contributed by atoms with van der Waals surface area (Å²) in [5.74, 6) is 0.821. The first-order valence-corrected chi connectivity index (χ1v) is 4.31. The first kappa shape index (κ1) is 8.26. The third kappa shape index (κ3) is 1.31. The Morgan fingerprint density at radius 1 is 1.54 bits per heavy atom. The van der Waals surface area contributed by atoms with Crippen molar-refractivity contribution in [3.8, 4) is 5.75 Å². The maximum atomic E-state index is 11.4. The van der Waals surface area contributed by atoms with Crippen LogP contribution >= 0.6 is 0 Å². The number of ketones is 1. The van der Waals surface area contributed by atoms with Crippen LogP contribution < -0.4 is 10.5 Å². The summed E-state index contributed by atoms with van der Waals surface area (Å²) in [6, 6.07) is 5.52. The van der Waals surface area contributed by atoms with Gasteiger partial charge in [-0.1, -0.05) is 12.1 Å². The second-order valence-corrected chi connectivity index (χ2v) is 3.01. The zero-order valence-corrected chi connectivity index (χ0v) is 7.25. The molecule has 0 radical (unpaired) electrons. The van der Waals surface area contributed by atoms with E-state index in [9.17, 15) is 4.79 Å². The summed E-state index contributed by atoms with van der Waals surface area (Å²) >= 11 is 0.